The second kappa shape index (κ2) is 10.7. The van der Waals surface area contributed by atoms with Gasteiger partial charge in [-0.3, -0.25) is 9.59 Å². The van der Waals surface area contributed by atoms with Crippen LogP contribution in [-0.4, -0.2) is 54.3 Å². The minimum absolute atomic E-state index is 0.00557. The fraction of sp³-hybridized carbons (Fsp3) is 0.500. The highest BCUT2D eigenvalue weighted by Crippen LogP contribution is 2.34. The number of nitrogens with zero attached hydrogens (tertiary/aromatic N) is 2. The van der Waals surface area contributed by atoms with Gasteiger partial charge >= 0.3 is 0 Å². The summed E-state index contributed by atoms with van der Waals surface area (Å²) in [6.45, 7) is 3.98. The number of carbonyl (C=O) groups excluding carboxylic acids is 2. The van der Waals surface area contributed by atoms with Crippen molar-refractivity contribution in [2.75, 3.05) is 32.7 Å². The Balaban J connectivity index is 1.17. The van der Waals surface area contributed by atoms with Gasteiger partial charge in [-0.25, -0.2) is 4.39 Å². The number of amides is 2. The molecule has 2 amide bonds. The normalized spacial score (nSPS) is 23.4. The zero-order valence-electron chi connectivity index (χ0n) is 20.0. The quantitative estimate of drug-likeness (QED) is 0.590. The molecule has 5 nitrogen and oxygen atoms in total. The molecule has 1 aliphatic carbocycles. The molecular formula is C28H33ClFN3O2. The standard InChI is InChI=1S/C28H33ClFN3O2/c29-23-11-6-12-24(30)26(23)28(35)33-17-21-15-32(16-22(21)18-33)14-13-25(19-7-2-1-3-8-19)31-27(34)20-9-4-5-10-20/h1-3,6-8,11-12,20-22,25H,4-5,9-10,13-18H2,(H,31,34)/t21?,22?,25-/m0/s1. The second-order valence-corrected chi connectivity index (χ2v) is 10.7. The Morgan fingerprint density at radius 3 is 2.31 bits per heavy atom. The predicted octanol–water partition coefficient (Wildman–Crippen LogP) is 4.92. The van der Waals surface area contributed by atoms with Gasteiger partial charge in [0.05, 0.1) is 16.6 Å². The molecule has 2 aliphatic heterocycles. The molecule has 2 heterocycles. The summed E-state index contributed by atoms with van der Waals surface area (Å²) in [5, 5.41) is 3.50. The maximum atomic E-state index is 14.2. The van der Waals surface area contributed by atoms with Gasteiger partial charge in [0.15, 0.2) is 0 Å². The third kappa shape index (κ3) is 5.39. The summed E-state index contributed by atoms with van der Waals surface area (Å²) in [7, 11) is 0. The van der Waals surface area contributed by atoms with E-state index in [4.69, 9.17) is 11.6 Å². The molecule has 35 heavy (non-hydrogen) atoms. The van der Waals surface area contributed by atoms with Gasteiger partial charge in [0.2, 0.25) is 5.91 Å². The van der Waals surface area contributed by atoms with Crippen molar-refractivity contribution in [3.05, 3.63) is 70.5 Å². The first kappa shape index (κ1) is 24.3. The molecule has 3 aliphatic rings. The van der Waals surface area contributed by atoms with Crippen molar-refractivity contribution in [3.8, 4) is 0 Å². The van der Waals surface area contributed by atoms with Crippen molar-refractivity contribution >= 4 is 23.4 Å². The van der Waals surface area contributed by atoms with Gasteiger partial charge in [-0.15, -0.1) is 0 Å². The average Bonchev–Trinajstić information content (AvgIpc) is 3.59. The second-order valence-electron chi connectivity index (χ2n) is 10.3. The van der Waals surface area contributed by atoms with E-state index in [1.54, 1.807) is 11.0 Å². The molecule has 2 saturated heterocycles. The lowest BCUT2D eigenvalue weighted by Crippen LogP contribution is -2.36. The summed E-state index contributed by atoms with van der Waals surface area (Å²) in [4.78, 5) is 30.0. The molecule has 3 atom stereocenters. The van der Waals surface area contributed by atoms with E-state index in [1.165, 1.54) is 12.1 Å². The van der Waals surface area contributed by atoms with E-state index < -0.39 is 5.82 Å². The van der Waals surface area contributed by atoms with Crippen LogP contribution in [0.25, 0.3) is 0 Å². The zero-order chi connectivity index (χ0) is 24.4. The average molecular weight is 498 g/mol. The Morgan fingerprint density at radius 1 is 0.971 bits per heavy atom. The van der Waals surface area contributed by atoms with Crippen LogP contribution in [0.4, 0.5) is 4.39 Å². The molecule has 0 radical (unpaired) electrons. The van der Waals surface area contributed by atoms with Gasteiger partial charge in [-0.2, -0.15) is 0 Å². The summed E-state index contributed by atoms with van der Waals surface area (Å²) in [6, 6.07) is 14.6. The lowest BCUT2D eigenvalue weighted by Gasteiger charge is -2.26. The maximum Gasteiger partial charge on any atom is 0.258 e. The smallest absolute Gasteiger partial charge is 0.258 e. The Labute approximate surface area is 211 Å². The molecule has 2 unspecified atom stereocenters. The summed E-state index contributed by atoms with van der Waals surface area (Å²) < 4.78 is 14.2. The van der Waals surface area contributed by atoms with Gasteiger partial charge in [0.25, 0.3) is 5.91 Å². The van der Waals surface area contributed by atoms with Crippen molar-refractivity contribution in [2.24, 2.45) is 17.8 Å². The van der Waals surface area contributed by atoms with E-state index in [-0.39, 0.29) is 34.4 Å². The highest BCUT2D eigenvalue weighted by atomic mass is 35.5. The number of carbonyl (C=O) groups is 2. The minimum Gasteiger partial charge on any atom is -0.349 e. The number of hydrogen-bond acceptors (Lipinski definition) is 3. The zero-order valence-corrected chi connectivity index (χ0v) is 20.7. The summed E-state index contributed by atoms with van der Waals surface area (Å²) in [5.41, 5.74) is 1.13. The first-order valence-corrected chi connectivity index (χ1v) is 13.2. The molecule has 2 aromatic carbocycles. The van der Waals surface area contributed by atoms with Crippen molar-refractivity contribution in [1.82, 2.24) is 15.1 Å². The van der Waals surface area contributed by atoms with Crippen LogP contribution in [0.2, 0.25) is 5.02 Å². The fourth-order valence-electron chi connectivity index (χ4n) is 6.10. The van der Waals surface area contributed by atoms with Crippen LogP contribution in [0.15, 0.2) is 48.5 Å². The number of benzene rings is 2. The number of fused-ring (bicyclic) bond motifs is 1. The molecule has 1 N–H and O–H groups in total. The van der Waals surface area contributed by atoms with E-state index in [0.717, 1.165) is 57.3 Å². The number of rotatable bonds is 7. The lowest BCUT2D eigenvalue weighted by atomic mass is 10.0. The van der Waals surface area contributed by atoms with Crippen molar-refractivity contribution in [2.45, 2.75) is 38.1 Å². The van der Waals surface area contributed by atoms with Crippen molar-refractivity contribution < 1.29 is 14.0 Å². The largest absolute Gasteiger partial charge is 0.349 e. The Kier molecular flexibility index (Phi) is 7.40. The Hall–Kier alpha value is -2.44. The van der Waals surface area contributed by atoms with E-state index >= 15 is 0 Å². The fourth-order valence-corrected chi connectivity index (χ4v) is 6.34. The number of hydrogen-bond donors (Lipinski definition) is 1. The highest BCUT2D eigenvalue weighted by molar-refractivity contribution is 6.33. The van der Waals surface area contributed by atoms with Crippen LogP contribution in [0.1, 0.15) is 54.1 Å². The molecule has 2 aromatic rings. The summed E-state index contributed by atoms with van der Waals surface area (Å²) >= 11 is 6.12. The highest BCUT2D eigenvalue weighted by Gasteiger charge is 2.42. The van der Waals surface area contributed by atoms with E-state index in [2.05, 4.69) is 22.3 Å². The molecule has 5 rings (SSSR count). The van der Waals surface area contributed by atoms with Crippen molar-refractivity contribution in [1.29, 1.82) is 0 Å². The van der Waals surface area contributed by atoms with Crippen molar-refractivity contribution in [3.63, 3.8) is 0 Å². The third-order valence-corrected chi connectivity index (χ3v) is 8.32. The molecule has 0 spiro atoms. The van der Waals surface area contributed by atoms with Crippen LogP contribution < -0.4 is 5.32 Å². The van der Waals surface area contributed by atoms with Gasteiger partial charge in [-0.05, 0) is 48.8 Å². The predicted molar refractivity (Wildman–Crippen MR) is 135 cm³/mol. The van der Waals surface area contributed by atoms with Crippen LogP contribution in [0, 0.1) is 23.6 Å². The molecule has 0 bridgehead atoms. The first-order valence-electron chi connectivity index (χ1n) is 12.8. The molecule has 7 heteroatoms. The molecule has 186 valence electrons. The van der Waals surface area contributed by atoms with Gasteiger partial charge in [0, 0.05) is 38.6 Å². The molecule has 1 saturated carbocycles. The topological polar surface area (TPSA) is 52.7 Å². The SMILES string of the molecule is O=C(N[C@@H](CCN1CC2CN(C(=O)c3c(F)cccc3Cl)CC2C1)c1ccccc1)C1CCCC1. The van der Waals surface area contributed by atoms with Crippen LogP contribution >= 0.6 is 11.6 Å². The number of nitrogens with one attached hydrogen (secondary N) is 1. The van der Waals surface area contributed by atoms with Gasteiger partial charge in [-0.1, -0.05) is 60.8 Å². The number of likely N-dealkylation sites (tertiary alicyclic amines) is 2. The monoisotopic (exact) mass is 497 g/mol. The Morgan fingerprint density at radius 2 is 1.66 bits per heavy atom. The minimum atomic E-state index is -0.562. The maximum absolute atomic E-state index is 14.2. The van der Waals surface area contributed by atoms with Gasteiger partial charge < -0.3 is 15.1 Å². The van der Waals surface area contributed by atoms with Gasteiger partial charge in [0.1, 0.15) is 5.82 Å². The number of halogens is 2. The molecular weight excluding hydrogens is 465 g/mol. The first-order chi connectivity index (χ1) is 17.0. The third-order valence-electron chi connectivity index (χ3n) is 8.00. The Bertz CT molecular complexity index is 1030. The van der Waals surface area contributed by atoms with E-state index in [0.29, 0.717) is 24.9 Å². The van der Waals surface area contributed by atoms with Crippen LogP contribution in [-0.2, 0) is 4.79 Å². The molecule has 3 fully saturated rings. The van der Waals surface area contributed by atoms with Crippen LogP contribution in [0.5, 0.6) is 0 Å². The van der Waals surface area contributed by atoms with E-state index in [1.807, 2.05) is 18.2 Å². The van der Waals surface area contributed by atoms with E-state index in [9.17, 15) is 14.0 Å². The van der Waals surface area contributed by atoms with Crippen LogP contribution in [0.3, 0.4) is 0 Å². The lowest BCUT2D eigenvalue weighted by molar-refractivity contribution is -0.125. The molecule has 0 aromatic heterocycles. The summed E-state index contributed by atoms with van der Waals surface area (Å²) in [6.07, 6.45) is 5.14. The summed E-state index contributed by atoms with van der Waals surface area (Å²) in [5.74, 6) is 0.232.